The van der Waals surface area contributed by atoms with Crippen LogP contribution < -0.4 is 11.1 Å². The zero-order valence-corrected chi connectivity index (χ0v) is 11.8. The molecule has 0 bridgehead atoms. The lowest BCUT2D eigenvalue weighted by Crippen LogP contribution is -2.49. The molecule has 0 saturated carbocycles. The molecule has 0 radical (unpaired) electrons. The summed E-state index contributed by atoms with van der Waals surface area (Å²) in [7, 11) is -3.75. The second-order valence-electron chi connectivity index (χ2n) is 4.69. The van der Waals surface area contributed by atoms with Gasteiger partial charge in [0.25, 0.3) is 0 Å². The average molecular weight is 298 g/mol. The number of carbonyl (C=O) groups excluding carboxylic acids is 1. The molecule has 1 fully saturated rings. The van der Waals surface area contributed by atoms with E-state index in [1.54, 1.807) is 6.07 Å². The predicted octanol–water partition coefficient (Wildman–Crippen LogP) is -0.690. The molecule has 1 aliphatic rings. The molecule has 7 nitrogen and oxygen atoms in total. The lowest BCUT2D eigenvalue weighted by Gasteiger charge is -2.32. The molecule has 110 valence electrons. The smallest absolute Gasteiger partial charge is 0.245 e. The van der Waals surface area contributed by atoms with Crippen LogP contribution in [0.1, 0.15) is 12.8 Å². The Morgan fingerprint density at radius 2 is 2.15 bits per heavy atom. The molecule has 0 atom stereocenters. The first kappa shape index (κ1) is 14.9. The predicted molar refractivity (Wildman–Crippen MR) is 73.2 cm³/mol. The molecule has 20 heavy (non-hydrogen) atoms. The third kappa shape index (κ3) is 3.33. The van der Waals surface area contributed by atoms with Crippen molar-refractivity contribution in [3.63, 3.8) is 0 Å². The molecule has 0 aliphatic carbocycles. The van der Waals surface area contributed by atoms with Crippen LogP contribution >= 0.6 is 0 Å². The quantitative estimate of drug-likeness (QED) is 0.748. The van der Waals surface area contributed by atoms with Crippen LogP contribution in [0.5, 0.6) is 0 Å². The Morgan fingerprint density at radius 3 is 2.70 bits per heavy atom. The fourth-order valence-corrected chi connectivity index (χ4v) is 3.91. The van der Waals surface area contributed by atoms with Crippen LogP contribution in [0.25, 0.3) is 0 Å². The Bertz CT molecular complexity index is 555. The van der Waals surface area contributed by atoms with Gasteiger partial charge in [0.15, 0.2) is 0 Å². The van der Waals surface area contributed by atoms with Crippen molar-refractivity contribution in [2.45, 2.75) is 23.8 Å². The van der Waals surface area contributed by atoms with E-state index in [1.165, 1.54) is 22.8 Å². The van der Waals surface area contributed by atoms with E-state index in [4.69, 9.17) is 5.73 Å². The van der Waals surface area contributed by atoms with Crippen LogP contribution in [0.15, 0.2) is 29.4 Å². The molecule has 0 spiro atoms. The molecule has 1 aromatic rings. The molecule has 1 aliphatic heterocycles. The SMILES string of the molecule is NC(=O)CN(C1CCNCC1)S(=O)(=O)c1cccnc1. The molecule has 3 N–H and O–H groups in total. The Hall–Kier alpha value is -1.51. The highest BCUT2D eigenvalue weighted by Crippen LogP contribution is 2.21. The van der Waals surface area contributed by atoms with Crippen molar-refractivity contribution < 1.29 is 13.2 Å². The standard InChI is InChI=1S/C12H18N4O3S/c13-12(17)9-16(10-3-6-14-7-4-10)20(18,19)11-2-1-5-15-8-11/h1-2,5,8,10,14H,3-4,6-7,9H2,(H2,13,17). The molecular formula is C12H18N4O3S. The monoisotopic (exact) mass is 298 g/mol. The van der Waals surface area contributed by atoms with E-state index < -0.39 is 15.9 Å². The van der Waals surface area contributed by atoms with Crippen LogP contribution in [0.2, 0.25) is 0 Å². The summed E-state index contributed by atoms with van der Waals surface area (Å²) < 4.78 is 26.5. The number of pyridine rings is 1. The number of piperidine rings is 1. The number of hydrogen-bond acceptors (Lipinski definition) is 5. The summed E-state index contributed by atoms with van der Waals surface area (Å²) >= 11 is 0. The Labute approximate surface area is 118 Å². The van der Waals surface area contributed by atoms with Crippen LogP contribution in [0.3, 0.4) is 0 Å². The first-order chi connectivity index (χ1) is 9.51. The Morgan fingerprint density at radius 1 is 1.45 bits per heavy atom. The summed E-state index contributed by atoms with van der Waals surface area (Å²) in [5.74, 6) is -0.656. The number of primary amides is 1. The number of nitrogens with zero attached hydrogens (tertiary/aromatic N) is 2. The average Bonchev–Trinajstić information content (AvgIpc) is 2.46. The summed E-state index contributed by atoms with van der Waals surface area (Å²) in [6.07, 6.45) is 4.10. The third-order valence-electron chi connectivity index (χ3n) is 3.27. The third-order valence-corrected chi connectivity index (χ3v) is 5.15. The van der Waals surface area contributed by atoms with Gasteiger partial charge in [-0.25, -0.2) is 8.42 Å². The van der Waals surface area contributed by atoms with Crippen LogP contribution in [0, 0.1) is 0 Å². The number of sulfonamides is 1. The minimum Gasteiger partial charge on any atom is -0.369 e. The van der Waals surface area contributed by atoms with Crippen LogP contribution in [0.4, 0.5) is 0 Å². The van der Waals surface area contributed by atoms with Gasteiger partial charge in [-0.3, -0.25) is 9.78 Å². The van der Waals surface area contributed by atoms with Gasteiger partial charge in [-0.1, -0.05) is 0 Å². The number of hydrogen-bond donors (Lipinski definition) is 2. The van der Waals surface area contributed by atoms with Crippen molar-refractivity contribution >= 4 is 15.9 Å². The second kappa shape index (κ2) is 6.29. The van der Waals surface area contributed by atoms with Gasteiger partial charge < -0.3 is 11.1 Å². The maximum atomic E-state index is 12.6. The summed E-state index contributed by atoms with van der Waals surface area (Å²) in [5, 5.41) is 3.16. The van der Waals surface area contributed by atoms with Gasteiger partial charge in [-0.2, -0.15) is 4.31 Å². The highest BCUT2D eigenvalue weighted by atomic mass is 32.2. The van der Waals surface area contributed by atoms with Gasteiger partial charge >= 0.3 is 0 Å². The minimum atomic E-state index is -3.75. The number of aromatic nitrogens is 1. The maximum Gasteiger partial charge on any atom is 0.245 e. The number of amides is 1. The minimum absolute atomic E-state index is 0.0831. The number of nitrogens with two attached hydrogens (primary N) is 1. The topological polar surface area (TPSA) is 105 Å². The van der Waals surface area contributed by atoms with Crippen molar-refractivity contribution in [3.05, 3.63) is 24.5 Å². The molecule has 0 unspecified atom stereocenters. The zero-order chi connectivity index (χ0) is 14.6. The molecule has 2 heterocycles. The first-order valence-electron chi connectivity index (χ1n) is 6.42. The van der Waals surface area contributed by atoms with Gasteiger partial charge in [0.05, 0.1) is 6.54 Å². The molecule has 0 aromatic carbocycles. The summed E-state index contributed by atoms with van der Waals surface area (Å²) in [4.78, 5) is 15.1. The molecule has 1 amide bonds. The largest absolute Gasteiger partial charge is 0.369 e. The van der Waals surface area contributed by atoms with E-state index in [0.29, 0.717) is 12.8 Å². The normalized spacial score (nSPS) is 17.2. The van der Waals surface area contributed by atoms with Crippen molar-refractivity contribution in [1.82, 2.24) is 14.6 Å². The van der Waals surface area contributed by atoms with Crippen molar-refractivity contribution in [3.8, 4) is 0 Å². The Balaban J connectivity index is 2.32. The maximum absolute atomic E-state index is 12.6. The highest BCUT2D eigenvalue weighted by Gasteiger charge is 2.33. The van der Waals surface area contributed by atoms with Crippen molar-refractivity contribution in [2.24, 2.45) is 5.73 Å². The van der Waals surface area contributed by atoms with Gasteiger partial charge in [0.1, 0.15) is 4.90 Å². The van der Waals surface area contributed by atoms with Gasteiger partial charge in [0, 0.05) is 18.4 Å². The van der Waals surface area contributed by atoms with Crippen molar-refractivity contribution in [2.75, 3.05) is 19.6 Å². The lowest BCUT2D eigenvalue weighted by molar-refractivity contribution is -0.118. The Kier molecular flexibility index (Phi) is 4.69. The van der Waals surface area contributed by atoms with E-state index in [1.807, 2.05) is 0 Å². The van der Waals surface area contributed by atoms with Gasteiger partial charge in [-0.15, -0.1) is 0 Å². The first-order valence-corrected chi connectivity index (χ1v) is 7.86. The summed E-state index contributed by atoms with van der Waals surface area (Å²) in [6.45, 7) is 1.15. The molecular weight excluding hydrogens is 280 g/mol. The number of rotatable bonds is 5. The summed E-state index contributed by atoms with van der Waals surface area (Å²) in [6, 6.07) is 2.81. The van der Waals surface area contributed by atoms with Crippen LogP contribution in [-0.2, 0) is 14.8 Å². The van der Waals surface area contributed by atoms with E-state index >= 15 is 0 Å². The second-order valence-corrected chi connectivity index (χ2v) is 6.58. The van der Waals surface area contributed by atoms with E-state index in [-0.39, 0.29) is 17.5 Å². The van der Waals surface area contributed by atoms with Crippen LogP contribution in [-0.4, -0.2) is 49.3 Å². The number of carbonyl (C=O) groups is 1. The van der Waals surface area contributed by atoms with Gasteiger partial charge in [0.2, 0.25) is 15.9 Å². The van der Waals surface area contributed by atoms with E-state index in [2.05, 4.69) is 10.3 Å². The van der Waals surface area contributed by atoms with Crippen molar-refractivity contribution in [1.29, 1.82) is 0 Å². The van der Waals surface area contributed by atoms with Gasteiger partial charge in [-0.05, 0) is 38.1 Å². The lowest BCUT2D eigenvalue weighted by atomic mass is 10.1. The summed E-state index contributed by atoms with van der Waals surface area (Å²) in [5.41, 5.74) is 5.20. The molecule has 2 rings (SSSR count). The zero-order valence-electron chi connectivity index (χ0n) is 11.0. The molecule has 1 saturated heterocycles. The fraction of sp³-hybridized carbons (Fsp3) is 0.500. The molecule has 8 heteroatoms. The van der Waals surface area contributed by atoms with E-state index in [0.717, 1.165) is 13.1 Å². The van der Waals surface area contributed by atoms with E-state index in [9.17, 15) is 13.2 Å². The fourth-order valence-electron chi connectivity index (χ4n) is 2.29. The highest BCUT2D eigenvalue weighted by molar-refractivity contribution is 7.89. The molecule has 1 aromatic heterocycles. The number of nitrogens with one attached hydrogen (secondary N) is 1.